The maximum Gasteiger partial charge on any atom is 0.338 e. The largest absolute Gasteiger partial charge is 0.454 e. The van der Waals surface area contributed by atoms with Crippen LogP contribution in [0.15, 0.2) is 48.5 Å². The van der Waals surface area contributed by atoms with Crippen LogP contribution in [-0.4, -0.2) is 23.3 Å². The molecule has 0 bridgehead atoms. The molecule has 1 heterocycles. The minimum Gasteiger partial charge on any atom is -0.454 e. The summed E-state index contributed by atoms with van der Waals surface area (Å²) in [5, 5.41) is 0.577. The first-order valence-corrected chi connectivity index (χ1v) is 8.74. The average Bonchev–Trinajstić information content (AvgIpc) is 3.00. The van der Waals surface area contributed by atoms with Gasteiger partial charge in [0.1, 0.15) is 6.10 Å². The molecular formula is C20H20ClNO3. The van der Waals surface area contributed by atoms with Crippen molar-refractivity contribution in [2.75, 3.05) is 6.54 Å². The van der Waals surface area contributed by atoms with Gasteiger partial charge in [-0.2, -0.15) is 0 Å². The molecule has 2 aromatic rings. The quantitative estimate of drug-likeness (QED) is 0.746. The second-order valence-electron chi connectivity index (χ2n) is 6.18. The van der Waals surface area contributed by atoms with Gasteiger partial charge in [-0.05, 0) is 37.1 Å². The second-order valence-corrected chi connectivity index (χ2v) is 6.59. The number of carbonyl (C=O) groups excluding carboxylic acids is 2. The molecule has 1 aliphatic rings. The van der Waals surface area contributed by atoms with E-state index in [0.29, 0.717) is 23.6 Å². The van der Waals surface area contributed by atoms with Crippen molar-refractivity contribution in [3.8, 4) is 0 Å². The Morgan fingerprint density at radius 1 is 1.20 bits per heavy atom. The number of amides is 1. The van der Waals surface area contributed by atoms with Gasteiger partial charge in [0.05, 0.1) is 5.56 Å². The van der Waals surface area contributed by atoms with Gasteiger partial charge in [-0.1, -0.05) is 41.9 Å². The number of hydrogen-bond acceptors (Lipinski definition) is 3. The molecular weight excluding hydrogens is 338 g/mol. The Morgan fingerprint density at radius 2 is 1.92 bits per heavy atom. The van der Waals surface area contributed by atoms with E-state index in [1.165, 1.54) is 0 Å². The van der Waals surface area contributed by atoms with Gasteiger partial charge < -0.3 is 9.64 Å². The van der Waals surface area contributed by atoms with Crippen LogP contribution in [0.1, 0.15) is 47.4 Å². The van der Waals surface area contributed by atoms with E-state index in [4.69, 9.17) is 16.3 Å². The summed E-state index contributed by atoms with van der Waals surface area (Å²) in [7, 11) is 0. The predicted octanol–water partition coefficient (Wildman–Crippen LogP) is 4.38. The highest BCUT2D eigenvalue weighted by atomic mass is 35.5. The number of hydrogen-bond donors (Lipinski definition) is 0. The van der Waals surface area contributed by atoms with E-state index in [2.05, 4.69) is 0 Å². The SMILES string of the molecule is C[C@H](OC(=O)c1ccc(CN2CCCC2=O)cc1)c1ccccc1Cl. The number of likely N-dealkylation sites (tertiary alicyclic amines) is 1. The molecule has 1 aliphatic heterocycles. The summed E-state index contributed by atoms with van der Waals surface area (Å²) >= 11 is 6.14. The van der Waals surface area contributed by atoms with Gasteiger partial charge in [0.15, 0.2) is 0 Å². The van der Waals surface area contributed by atoms with Gasteiger partial charge in [0.2, 0.25) is 5.91 Å². The molecule has 130 valence electrons. The van der Waals surface area contributed by atoms with Crippen molar-refractivity contribution in [2.24, 2.45) is 0 Å². The van der Waals surface area contributed by atoms with Crippen LogP contribution in [-0.2, 0) is 16.1 Å². The molecule has 0 aliphatic carbocycles. The first-order chi connectivity index (χ1) is 12.0. The lowest BCUT2D eigenvalue weighted by atomic mass is 10.1. The third-order valence-electron chi connectivity index (χ3n) is 4.36. The van der Waals surface area contributed by atoms with E-state index in [-0.39, 0.29) is 5.91 Å². The van der Waals surface area contributed by atoms with Crippen LogP contribution in [0.2, 0.25) is 5.02 Å². The normalized spacial score (nSPS) is 15.3. The Balaban J connectivity index is 1.62. The Hall–Kier alpha value is -2.33. The fourth-order valence-electron chi connectivity index (χ4n) is 2.93. The molecule has 4 nitrogen and oxygen atoms in total. The summed E-state index contributed by atoms with van der Waals surface area (Å²) < 4.78 is 5.51. The van der Waals surface area contributed by atoms with Crippen LogP contribution in [0.3, 0.4) is 0 Å². The minimum atomic E-state index is -0.428. The smallest absolute Gasteiger partial charge is 0.338 e. The molecule has 1 atom stereocenters. The maximum absolute atomic E-state index is 12.3. The molecule has 5 heteroatoms. The summed E-state index contributed by atoms with van der Waals surface area (Å²) in [6.45, 7) is 3.19. The van der Waals surface area contributed by atoms with Crippen molar-refractivity contribution in [3.05, 3.63) is 70.2 Å². The van der Waals surface area contributed by atoms with Crippen LogP contribution < -0.4 is 0 Å². The topological polar surface area (TPSA) is 46.6 Å². The third kappa shape index (κ3) is 4.20. The van der Waals surface area contributed by atoms with Crippen molar-refractivity contribution in [2.45, 2.75) is 32.4 Å². The lowest BCUT2D eigenvalue weighted by molar-refractivity contribution is -0.128. The van der Waals surface area contributed by atoms with E-state index in [9.17, 15) is 9.59 Å². The molecule has 1 amide bonds. The fraction of sp³-hybridized carbons (Fsp3) is 0.300. The summed E-state index contributed by atoms with van der Waals surface area (Å²) in [6, 6.07) is 14.5. The molecule has 0 saturated carbocycles. The Labute approximate surface area is 152 Å². The van der Waals surface area contributed by atoms with Crippen LogP contribution in [0.25, 0.3) is 0 Å². The van der Waals surface area contributed by atoms with Crippen LogP contribution in [0.4, 0.5) is 0 Å². The van der Waals surface area contributed by atoms with Gasteiger partial charge in [0.25, 0.3) is 0 Å². The first-order valence-electron chi connectivity index (χ1n) is 8.36. The fourth-order valence-corrected chi connectivity index (χ4v) is 3.22. The van der Waals surface area contributed by atoms with Crippen molar-refractivity contribution >= 4 is 23.5 Å². The molecule has 0 unspecified atom stereocenters. The number of ether oxygens (including phenoxy) is 1. The van der Waals surface area contributed by atoms with Crippen molar-refractivity contribution < 1.29 is 14.3 Å². The lowest BCUT2D eigenvalue weighted by Gasteiger charge is -2.16. The molecule has 1 fully saturated rings. The van der Waals surface area contributed by atoms with Gasteiger partial charge in [-0.3, -0.25) is 4.79 Å². The van der Waals surface area contributed by atoms with Gasteiger partial charge in [0, 0.05) is 30.1 Å². The number of rotatable bonds is 5. The van der Waals surface area contributed by atoms with E-state index < -0.39 is 12.1 Å². The monoisotopic (exact) mass is 357 g/mol. The van der Waals surface area contributed by atoms with Gasteiger partial charge >= 0.3 is 5.97 Å². The number of benzene rings is 2. The van der Waals surface area contributed by atoms with Crippen molar-refractivity contribution in [1.82, 2.24) is 4.90 Å². The first kappa shape index (κ1) is 17.5. The highest BCUT2D eigenvalue weighted by Crippen LogP contribution is 2.26. The lowest BCUT2D eigenvalue weighted by Crippen LogP contribution is -2.23. The average molecular weight is 358 g/mol. The molecule has 2 aromatic carbocycles. The molecule has 0 spiro atoms. The van der Waals surface area contributed by atoms with E-state index in [0.717, 1.165) is 24.1 Å². The predicted molar refractivity (Wildman–Crippen MR) is 96.4 cm³/mol. The number of carbonyl (C=O) groups is 2. The second kappa shape index (κ2) is 7.70. The molecule has 0 radical (unpaired) electrons. The molecule has 0 N–H and O–H groups in total. The Bertz CT molecular complexity index is 773. The van der Waals surface area contributed by atoms with Crippen LogP contribution >= 0.6 is 11.6 Å². The molecule has 0 aromatic heterocycles. The summed E-state index contributed by atoms with van der Waals surface area (Å²) in [6.07, 6.45) is 1.12. The van der Waals surface area contributed by atoms with E-state index >= 15 is 0 Å². The molecule has 25 heavy (non-hydrogen) atoms. The highest BCUT2D eigenvalue weighted by molar-refractivity contribution is 6.31. The zero-order valence-electron chi connectivity index (χ0n) is 14.1. The van der Waals surface area contributed by atoms with Gasteiger partial charge in [-0.15, -0.1) is 0 Å². The highest BCUT2D eigenvalue weighted by Gasteiger charge is 2.20. The summed E-state index contributed by atoms with van der Waals surface area (Å²) in [5.41, 5.74) is 2.27. The molecule has 3 rings (SSSR count). The standard InChI is InChI=1S/C20H20ClNO3/c1-14(17-5-2-3-6-18(17)21)25-20(24)16-10-8-15(9-11-16)13-22-12-4-7-19(22)23/h2-3,5-6,8-11,14H,4,7,12-13H2,1H3/t14-/m0/s1. The van der Waals surface area contributed by atoms with Crippen LogP contribution in [0, 0.1) is 0 Å². The van der Waals surface area contributed by atoms with Crippen molar-refractivity contribution in [3.63, 3.8) is 0 Å². The van der Waals surface area contributed by atoms with E-state index in [1.807, 2.05) is 35.2 Å². The number of esters is 1. The summed E-state index contributed by atoms with van der Waals surface area (Å²) in [5.74, 6) is -0.201. The third-order valence-corrected chi connectivity index (χ3v) is 4.71. The maximum atomic E-state index is 12.3. The van der Waals surface area contributed by atoms with Gasteiger partial charge in [-0.25, -0.2) is 4.79 Å². The van der Waals surface area contributed by atoms with E-state index in [1.54, 1.807) is 25.1 Å². The Kier molecular flexibility index (Phi) is 5.39. The Morgan fingerprint density at radius 3 is 2.56 bits per heavy atom. The zero-order valence-corrected chi connectivity index (χ0v) is 14.8. The zero-order chi connectivity index (χ0) is 17.8. The molecule has 1 saturated heterocycles. The minimum absolute atomic E-state index is 0.192. The number of halogens is 1. The van der Waals surface area contributed by atoms with Crippen LogP contribution in [0.5, 0.6) is 0 Å². The van der Waals surface area contributed by atoms with Crippen molar-refractivity contribution in [1.29, 1.82) is 0 Å². The summed E-state index contributed by atoms with van der Waals surface area (Å²) in [4.78, 5) is 25.8. The number of nitrogens with zero attached hydrogens (tertiary/aromatic N) is 1.